The highest BCUT2D eigenvalue weighted by Crippen LogP contribution is 2.08. The average molecular weight is 296 g/mol. The molecule has 1 rings (SSSR count). The predicted molar refractivity (Wildman–Crippen MR) is 85.0 cm³/mol. The van der Waals surface area contributed by atoms with E-state index in [0.717, 1.165) is 5.56 Å². The monoisotopic (exact) mass is 296 g/mol. The van der Waals surface area contributed by atoms with Crippen LogP contribution in [0.1, 0.15) is 19.4 Å². The molecule has 0 fully saturated rings. The number of nitrogens with two attached hydrogens (primary N) is 1. The van der Waals surface area contributed by atoms with Crippen LogP contribution in [0.15, 0.2) is 45.7 Å². The van der Waals surface area contributed by atoms with Crippen LogP contribution in [0.3, 0.4) is 0 Å². The van der Waals surface area contributed by atoms with Crippen LogP contribution in [0.4, 0.5) is 0 Å². The van der Waals surface area contributed by atoms with Crippen LogP contribution in [0.5, 0.6) is 5.75 Å². The highest BCUT2D eigenvalue weighted by atomic mass is 16.5. The second kappa shape index (κ2) is 8.83. The van der Waals surface area contributed by atoms with Crippen molar-refractivity contribution < 1.29 is 9.84 Å². The van der Waals surface area contributed by atoms with Crippen LogP contribution >= 0.6 is 0 Å². The molecule has 112 valence electrons. The standard InChI is InChI=1S/C16H16N4O2/c1-3-19-15(12(2)22-11-17)16(18)20-10-4-5-13-6-8-14(21)9-7-13/h3,6-9,21H,10H2,1-2H3,(H2,18,20)/b15-12+,19-3?. The number of hydrogen-bond donors (Lipinski definition) is 2. The van der Waals surface area contributed by atoms with Crippen LogP contribution in [-0.2, 0) is 4.74 Å². The van der Waals surface area contributed by atoms with Crippen LogP contribution < -0.4 is 5.73 Å². The number of amidine groups is 1. The van der Waals surface area contributed by atoms with Crippen LogP contribution in [0.2, 0.25) is 0 Å². The lowest BCUT2D eigenvalue weighted by molar-refractivity contribution is 0.373. The lowest BCUT2D eigenvalue weighted by Crippen LogP contribution is -2.16. The Bertz CT molecular complexity index is 698. The van der Waals surface area contributed by atoms with Gasteiger partial charge in [-0.2, -0.15) is 0 Å². The zero-order chi connectivity index (χ0) is 16.4. The maximum Gasteiger partial charge on any atom is 0.291 e. The summed E-state index contributed by atoms with van der Waals surface area (Å²) in [5.41, 5.74) is 6.89. The van der Waals surface area contributed by atoms with Crippen LogP contribution in [0, 0.1) is 23.4 Å². The van der Waals surface area contributed by atoms with E-state index in [-0.39, 0.29) is 23.9 Å². The first-order chi connectivity index (χ1) is 10.6. The fraction of sp³-hybridized carbons (Fsp3) is 0.188. The lowest BCUT2D eigenvalue weighted by atomic mass is 10.2. The van der Waals surface area contributed by atoms with E-state index in [4.69, 9.17) is 20.8 Å². The molecule has 6 nitrogen and oxygen atoms in total. The molecule has 0 saturated heterocycles. The molecule has 0 heterocycles. The van der Waals surface area contributed by atoms with Gasteiger partial charge in [0.25, 0.3) is 6.26 Å². The SMILES string of the molecule is CC=N/C(C(N)=NCC#Cc1ccc(O)cc1)=C(\C)OC#N. The van der Waals surface area contributed by atoms with Crippen molar-refractivity contribution in [2.75, 3.05) is 6.54 Å². The molecule has 0 aliphatic rings. The van der Waals surface area contributed by atoms with Gasteiger partial charge in [-0.15, -0.1) is 5.26 Å². The third kappa shape index (κ3) is 5.40. The third-order valence-electron chi connectivity index (χ3n) is 2.46. The molecule has 0 unspecified atom stereocenters. The molecule has 0 spiro atoms. The van der Waals surface area contributed by atoms with Crippen molar-refractivity contribution >= 4 is 12.1 Å². The smallest absolute Gasteiger partial charge is 0.291 e. The number of nitriles is 1. The number of phenolic OH excluding ortho intramolecular Hbond substituents is 1. The first-order valence-corrected chi connectivity index (χ1v) is 6.42. The highest BCUT2D eigenvalue weighted by Gasteiger charge is 2.06. The Morgan fingerprint density at radius 3 is 2.68 bits per heavy atom. The normalized spacial score (nSPS) is 12.1. The molecule has 22 heavy (non-hydrogen) atoms. The Kier molecular flexibility index (Phi) is 6.74. The molecular formula is C16H16N4O2. The molecule has 0 aliphatic heterocycles. The molecule has 0 aliphatic carbocycles. The van der Waals surface area contributed by atoms with Gasteiger partial charge < -0.3 is 15.6 Å². The predicted octanol–water partition coefficient (Wildman–Crippen LogP) is 1.92. The van der Waals surface area contributed by atoms with E-state index in [1.54, 1.807) is 44.4 Å². The molecule has 1 aromatic carbocycles. The summed E-state index contributed by atoms with van der Waals surface area (Å²) in [5, 5.41) is 17.7. The first kappa shape index (κ1) is 16.8. The molecule has 0 radical (unpaired) electrons. The number of nitrogens with zero attached hydrogens (tertiary/aromatic N) is 3. The molecule has 3 N–H and O–H groups in total. The average Bonchev–Trinajstić information content (AvgIpc) is 2.51. The summed E-state index contributed by atoms with van der Waals surface area (Å²) in [6, 6.07) is 6.52. The van der Waals surface area contributed by atoms with Gasteiger partial charge in [-0.25, -0.2) is 0 Å². The van der Waals surface area contributed by atoms with Gasteiger partial charge in [0.1, 0.15) is 29.6 Å². The second-order valence-corrected chi connectivity index (χ2v) is 4.04. The first-order valence-electron chi connectivity index (χ1n) is 6.42. The number of aromatic hydroxyl groups is 1. The fourth-order valence-electron chi connectivity index (χ4n) is 1.47. The number of rotatable bonds is 4. The van der Waals surface area contributed by atoms with E-state index in [2.05, 4.69) is 21.8 Å². The van der Waals surface area contributed by atoms with E-state index in [0.29, 0.717) is 5.70 Å². The highest BCUT2D eigenvalue weighted by molar-refractivity contribution is 5.98. The lowest BCUT2D eigenvalue weighted by Gasteiger charge is -2.03. The number of allylic oxidation sites excluding steroid dienone is 1. The Morgan fingerprint density at radius 2 is 2.09 bits per heavy atom. The Labute approximate surface area is 129 Å². The second-order valence-electron chi connectivity index (χ2n) is 4.04. The molecule has 0 bridgehead atoms. The number of phenols is 1. The number of hydrogen-bond acceptors (Lipinski definition) is 5. The number of aliphatic imine (C=N–C) groups is 2. The fourth-order valence-corrected chi connectivity index (χ4v) is 1.47. The van der Waals surface area contributed by atoms with E-state index in [1.165, 1.54) is 6.21 Å². The molecule has 0 atom stereocenters. The van der Waals surface area contributed by atoms with Gasteiger partial charge >= 0.3 is 0 Å². The maximum atomic E-state index is 9.17. The topological polar surface area (TPSA) is 104 Å². The summed E-state index contributed by atoms with van der Waals surface area (Å²) >= 11 is 0. The summed E-state index contributed by atoms with van der Waals surface area (Å²) in [6.07, 6.45) is 3.10. The van der Waals surface area contributed by atoms with Crippen LogP contribution in [0.25, 0.3) is 0 Å². The Hall–Kier alpha value is -3.25. The molecule has 0 amide bonds. The van der Waals surface area contributed by atoms with Gasteiger partial charge in [-0.3, -0.25) is 9.98 Å². The largest absolute Gasteiger partial charge is 0.508 e. The van der Waals surface area contributed by atoms with Crippen molar-refractivity contribution in [3.8, 4) is 23.8 Å². The van der Waals surface area contributed by atoms with Crippen molar-refractivity contribution in [1.82, 2.24) is 0 Å². The molecule has 1 aromatic rings. The van der Waals surface area contributed by atoms with Crippen LogP contribution in [-0.4, -0.2) is 23.7 Å². The van der Waals surface area contributed by atoms with Gasteiger partial charge in [0, 0.05) is 11.8 Å². The number of ether oxygens (including phenoxy) is 1. The van der Waals surface area contributed by atoms with Gasteiger partial charge in [-0.05, 0) is 38.1 Å². The van der Waals surface area contributed by atoms with Gasteiger partial charge in [0.05, 0.1) is 0 Å². The van der Waals surface area contributed by atoms with E-state index in [9.17, 15) is 0 Å². The molecule has 0 saturated carbocycles. The van der Waals surface area contributed by atoms with Gasteiger partial charge in [0.15, 0.2) is 0 Å². The maximum absolute atomic E-state index is 9.17. The molecule has 6 heteroatoms. The van der Waals surface area contributed by atoms with Crippen molar-refractivity contribution in [3.05, 3.63) is 41.3 Å². The van der Waals surface area contributed by atoms with Gasteiger partial charge in [0.2, 0.25) is 0 Å². The zero-order valence-electron chi connectivity index (χ0n) is 12.4. The van der Waals surface area contributed by atoms with Crippen molar-refractivity contribution in [3.63, 3.8) is 0 Å². The van der Waals surface area contributed by atoms with Gasteiger partial charge in [-0.1, -0.05) is 11.8 Å². The molecular weight excluding hydrogens is 280 g/mol. The van der Waals surface area contributed by atoms with E-state index >= 15 is 0 Å². The summed E-state index contributed by atoms with van der Waals surface area (Å²) in [6.45, 7) is 3.48. The Morgan fingerprint density at radius 1 is 1.41 bits per heavy atom. The quantitative estimate of drug-likeness (QED) is 0.291. The third-order valence-corrected chi connectivity index (χ3v) is 2.46. The summed E-state index contributed by atoms with van der Waals surface area (Å²) in [4.78, 5) is 8.13. The zero-order valence-corrected chi connectivity index (χ0v) is 12.4. The molecule has 0 aromatic heterocycles. The van der Waals surface area contributed by atoms with Crippen molar-refractivity contribution in [2.45, 2.75) is 13.8 Å². The summed E-state index contributed by atoms with van der Waals surface area (Å²) < 4.78 is 4.72. The van der Waals surface area contributed by atoms with Crippen molar-refractivity contribution in [1.29, 1.82) is 5.26 Å². The van der Waals surface area contributed by atoms with E-state index < -0.39 is 0 Å². The minimum absolute atomic E-state index is 0.144. The Balaban J connectivity index is 2.82. The summed E-state index contributed by atoms with van der Waals surface area (Å²) in [5.74, 6) is 6.34. The summed E-state index contributed by atoms with van der Waals surface area (Å²) in [7, 11) is 0. The van der Waals surface area contributed by atoms with Crippen molar-refractivity contribution in [2.24, 2.45) is 15.7 Å². The number of benzene rings is 1. The van der Waals surface area contributed by atoms with E-state index in [1.807, 2.05) is 0 Å². The minimum atomic E-state index is 0.144. The minimum Gasteiger partial charge on any atom is -0.508 e.